The minimum atomic E-state index is -0.599. The lowest BCUT2D eigenvalue weighted by Gasteiger charge is -2.14. The van der Waals surface area contributed by atoms with Gasteiger partial charge in [0.2, 0.25) is 0 Å². The molecule has 2 N–H and O–H groups in total. The SMILES string of the molecule is CNCC(O)c1cc(OC)c2oc(C)cc2c1Br. The van der Waals surface area contributed by atoms with Crippen LogP contribution in [0.5, 0.6) is 5.75 Å². The molecule has 4 nitrogen and oxygen atoms in total. The Morgan fingerprint density at radius 2 is 2.22 bits per heavy atom. The van der Waals surface area contributed by atoms with E-state index in [0.717, 1.165) is 21.2 Å². The van der Waals surface area contributed by atoms with Crippen molar-refractivity contribution in [1.29, 1.82) is 0 Å². The molecule has 1 unspecified atom stereocenters. The number of fused-ring (bicyclic) bond motifs is 1. The maximum atomic E-state index is 10.1. The molecule has 0 aliphatic heterocycles. The Morgan fingerprint density at radius 1 is 1.50 bits per heavy atom. The highest BCUT2D eigenvalue weighted by atomic mass is 79.9. The average molecular weight is 314 g/mol. The van der Waals surface area contributed by atoms with Gasteiger partial charge in [0.15, 0.2) is 11.3 Å². The van der Waals surface area contributed by atoms with Crippen molar-refractivity contribution in [3.63, 3.8) is 0 Å². The summed E-state index contributed by atoms with van der Waals surface area (Å²) in [7, 11) is 3.39. The monoisotopic (exact) mass is 313 g/mol. The van der Waals surface area contributed by atoms with Crippen LogP contribution in [0.1, 0.15) is 17.4 Å². The Kier molecular flexibility index (Phi) is 3.94. The van der Waals surface area contributed by atoms with Gasteiger partial charge in [0.05, 0.1) is 13.2 Å². The third-order valence-corrected chi connectivity index (χ3v) is 3.72. The molecule has 1 atom stereocenters. The molecule has 5 heteroatoms. The second-order valence-electron chi connectivity index (χ2n) is 4.16. The van der Waals surface area contributed by atoms with Crippen molar-refractivity contribution in [3.05, 3.63) is 27.9 Å². The Labute approximate surface area is 114 Å². The first-order valence-electron chi connectivity index (χ1n) is 5.67. The number of furan rings is 1. The largest absolute Gasteiger partial charge is 0.493 e. The summed E-state index contributed by atoms with van der Waals surface area (Å²) >= 11 is 3.53. The fourth-order valence-electron chi connectivity index (χ4n) is 1.98. The van der Waals surface area contributed by atoms with E-state index in [0.29, 0.717) is 17.9 Å². The van der Waals surface area contributed by atoms with Crippen LogP contribution in [0.15, 0.2) is 21.0 Å². The van der Waals surface area contributed by atoms with Crippen LogP contribution in [0.25, 0.3) is 11.0 Å². The highest BCUT2D eigenvalue weighted by Gasteiger charge is 2.19. The topological polar surface area (TPSA) is 54.6 Å². The van der Waals surface area contributed by atoms with E-state index in [9.17, 15) is 5.11 Å². The van der Waals surface area contributed by atoms with Crippen molar-refractivity contribution in [3.8, 4) is 5.75 Å². The van der Waals surface area contributed by atoms with Gasteiger partial charge in [-0.1, -0.05) is 0 Å². The quantitative estimate of drug-likeness (QED) is 0.911. The van der Waals surface area contributed by atoms with Crippen LogP contribution in [-0.2, 0) is 0 Å². The highest BCUT2D eigenvalue weighted by Crippen LogP contribution is 2.39. The van der Waals surface area contributed by atoms with Crippen molar-refractivity contribution in [2.45, 2.75) is 13.0 Å². The van der Waals surface area contributed by atoms with E-state index >= 15 is 0 Å². The van der Waals surface area contributed by atoms with Gasteiger partial charge in [-0.3, -0.25) is 0 Å². The molecule has 2 rings (SSSR count). The summed E-state index contributed by atoms with van der Waals surface area (Å²) in [5, 5.41) is 14.0. The van der Waals surface area contributed by atoms with Crippen molar-refractivity contribution in [2.24, 2.45) is 0 Å². The molecular formula is C13H16BrNO3. The van der Waals surface area contributed by atoms with Gasteiger partial charge in [0, 0.05) is 22.0 Å². The van der Waals surface area contributed by atoms with E-state index in [1.165, 1.54) is 0 Å². The highest BCUT2D eigenvalue weighted by molar-refractivity contribution is 9.10. The smallest absolute Gasteiger partial charge is 0.177 e. The lowest BCUT2D eigenvalue weighted by molar-refractivity contribution is 0.177. The molecule has 0 spiro atoms. The van der Waals surface area contributed by atoms with Crippen LogP contribution < -0.4 is 10.1 Å². The van der Waals surface area contributed by atoms with Gasteiger partial charge in [0.25, 0.3) is 0 Å². The van der Waals surface area contributed by atoms with Crippen LogP contribution in [0.3, 0.4) is 0 Å². The first-order chi connectivity index (χ1) is 8.58. The van der Waals surface area contributed by atoms with Crippen LogP contribution in [0.4, 0.5) is 0 Å². The summed E-state index contributed by atoms with van der Waals surface area (Å²) in [4.78, 5) is 0. The number of hydrogen-bond donors (Lipinski definition) is 2. The van der Waals surface area contributed by atoms with Gasteiger partial charge in [-0.25, -0.2) is 0 Å². The minimum absolute atomic E-state index is 0.476. The maximum Gasteiger partial charge on any atom is 0.177 e. The molecule has 1 heterocycles. The predicted molar refractivity (Wildman–Crippen MR) is 74.1 cm³/mol. The molecule has 1 aromatic heterocycles. The zero-order valence-corrected chi connectivity index (χ0v) is 12.2. The fourth-order valence-corrected chi connectivity index (χ4v) is 2.66. The second kappa shape index (κ2) is 5.30. The molecule has 2 aromatic rings. The Balaban J connectivity index is 2.64. The van der Waals surface area contributed by atoms with E-state index < -0.39 is 6.10 Å². The van der Waals surface area contributed by atoms with Crippen LogP contribution in [-0.4, -0.2) is 25.8 Å². The zero-order chi connectivity index (χ0) is 13.3. The molecule has 0 bridgehead atoms. The summed E-state index contributed by atoms with van der Waals surface area (Å²) in [6.07, 6.45) is -0.599. The van der Waals surface area contributed by atoms with Crippen molar-refractivity contribution < 1.29 is 14.3 Å². The van der Waals surface area contributed by atoms with Crippen LogP contribution in [0.2, 0.25) is 0 Å². The summed E-state index contributed by atoms with van der Waals surface area (Å²) in [5.41, 5.74) is 1.48. The number of hydrogen-bond acceptors (Lipinski definition) is 4. The van der Waals surface area contributed by atoms with Gasteiger partial charge in [0.1, 0.15) is 5.76 Å². The number of benzene rings is 1. The van der Waals surface area contributed by atoms with E-state index in [1.54, 1.807) is 20.2 Å². The summed E-state index contributed by atoms with van der Waals surface area (Å²) in [6.45, 7) is 2.36. The molecule has 0 saturated carbocycles. The van der Waals surface area contributed by atoms with Gasteiger partial charge in [-0.15, -0.1) is 0 Å². The summed E-state index contributed by atoms with van der Waals surface area (Å²) < 4.78 is 11.8. The molecule has 0 fully saturated rings. The van der Waals surface area contributed by atoms with E-state index in [-0.39, 0.29) is 0 Å². The van der Waals surface area contributed by atoms with Gasteiger partial charge in [-0.05, 0) is 42.0 Å². The van der Waals surface area contributed by atoms with Crippen LogP contribution >= 0.6 is 15.9 Å². The van der Waals surface area contributed by atoms with E-state index in [4.69, 9.17) is 9.15 Å². The molecule has 0 saturated heterocycles. The van der Waals surface area contributed by atoms with Crippen molar-refractivity contribution >= 4 is 26.9 Å². The minimum Gasteiger partial charge on any atom is -0.493 e. The zero-order valence-electron chi connectivity index (χ0n) is 10.6. The molecule has 1 aromatic carbocycles. The summed E-state index contributed by atoms with van der Waals surface area (Å²) in [5.74, 6) is 1.44. The van der Waals surface area contributed by atoms with E-state index in [1.807, 2.05) is 13.0 Å². The Morgan fingerprint density at radius 3 is 2.83 bits per heavy atom. The van der Waals surface area contributed by atoms with Crippen LogP contribution in [0, 0.1) is 6.92 Å². The number of likely N-dealkylation sites (N-methyl/N-ethyl adjacent to an activating group) is 1. The summed E-state index contributed by atoms with van der Waals surface area (Å²) in [6, 6.07) is 3.73. The number of aryl methyl sites for hydroxylation is 1. The molecular weight excluding hydrogens is 298 g/mol. The number of ether oxygens (including phenoxy) is 1. The third-order valence-electron chi connectivity index (χ3n) is 2.83. The first-order valence-corrected chi connectivity index (χ1v) is 6.47. The molecule has 0 amide bonds. The molecule has 18 heavy (non-hydrogen) atoms. The maximum absolute atomic E-state index is 10.1. The average Bonchev–Trinajstić information content (AvgIpc) is 2.72. The van der Waals surface area contributed by atoms with Gasteiger partial charge >= 0.3 is 0 Å². The number of aliphatic hydroxyl groups is 1. The molecule has 98 valence electrons. The predicted octanol–water partition coefficient (Wildman–Crippen LogP) is 2.77. The normalized spacial score (nSPS) is 12.9. The van der Waals surface area contributed by atoms with Gasteiger partial charge in [-0.2, -0.15) is 0 Å². The number of rotatable bonds is 4. The number of aliphatic hydroxyl groups excluding tert-OH is 1. The van der Waals surface area contributed by atoms with E-state index in [2.05, 4.69) is 21.2 Å². The Bertz CT molecular complexity index is 565. The lowest BCUT2D eigenvalue weighted by Crippen LogP contribution is -2.17. The van der Waals surface area contributed by atoms with Gasteiger partial charge < -0.3 is 19.6 Å². The van der Waals surface area contributed by atoms with Crippen molar-refractivity contribution in [2.75, 3.05) is 20.7 Å². The molecule has 0 aliphatic rings. The lowest BCUT2D eigenvalue weighted by atomic mass is 10.1. The number of nitrogens with one attached hydrogen (secondary N) is 1. The number of methoxy groups -OCH3 is 1. The second-order valence-corrected chi connectivity index (χ2v) is 4.95. The first kappa shape index (κ1) is 13.4. The standard InChI is InChI=1S/C13H16BrNO3/c1-7-4-9-12(14)8(10(16)6-15-2)5-11(17-3)13(9)18-7/h4-5,10,15-16H,6H2,1-3H3. The van der Waals surface area contributed by atoms with Crippen molar-refractivity contribution in [1.82, 2.24) is 5.32 Å². The third kappa shape index (κ3) is 2.25. The Hall–Kier alpha value is -1.04. The molecule has 0 aliphatic carbocycles. The fraction of sp³-hybridized carbons (Fsp3) is 0.385. The molecule has 0 radical (unpaired) electrons. The number of halogens is 1.